The number of piperidine rings is 1. The molecule has 2 aromatic carbocycles. The maximum Gasteiger partial charge on any atom is 0.321 e. The van der Waals surface area contributed by atoms with Crippen molar-refractivity contribution in [2.45, 2.75) is 25.8 Å². The van der Waals surface area contributed by atoms with Gasteiger partial charge in [-0.25, -0.2) is 4.79 Å². The smallest absolute Gasteiger partial charge is 0.321 e. The second kappa shape index (κ2) is 9.32. The van der Waals surface area contributed by atoms with Crippen LogP contribution in [0.2, 0.25) is 0 Å². The molecule has 1 aliphatic rings. The number of carbonyl (C=O) groups excluding carboxylic acids is 2. The van der Waals surface area contributed by atoms with E-state index in [1.165, 1.54) is 0 Å². The molecule has 2 atom stereocenters. The summed E-state index contributed by atoms with van der Waals surface area (Å²) in [4.78, 5) is 27.0. The number of likely N-dealkylation sites (tertiary alicyclic amines) is 1. The van der Waals surface area contributed by atoms with Crippen molar-refractivity contribution < 1.29 is 19.4 Å². The van der Waals surface area contributed by atoms with Crippen LogP contribution in [0.25, 0.3) is 0 Å². The molecule has 29 heavy (non-hydrogen) atoms. The van der Waals surface area contributed by atoms with E-state index in [1.54, 1.807) is 30.2 Å². The largest absolute Gasteiger partial charge is 0.508 e. The van der Waals surface area contributed by atoms with Gasteiger partial charge in [0.25, 0.3) is 0 Å². The first-order chi connectivity index (χ1) is 14.0. The molecular formula is C22H27N3O4. The van der Waals surface area contributed by atoms with Gasteiger partial charge in [0.1, 0.15) is 11.5 Å². The Morgan fingerprint density at radius 1 is 1.21 bits per heavy atom. The topological polar surface area (TPSA) is 90.9 Å². The molecule has 1 heterocycles. The average molecular weight is 397 g/mol. The van der Waals surface area contributed by atoms with Gasteiger partial charge in [-0.3, -0.25) is 4.79 Å². The van der Waals surface area contributed by atoms with Crippen LogP contribution in [0.3, 0.4) is 0 Å². The van der Waals surface area contributed by atoms with Crippen molar-refractivity contribution in [2.24, 2.45) is 5.92 Å². The highest BCUT2D eigenvalue weighted by Crippen LogP contribution is 2.29. The molecule has 1 aliphatic heterocycles. The first-order valence-corrected chi connectivity index (χ1v) is 9.76. The number of amides is 3. The highest BCUT2D eigenvalue weighted by molar-refractivity contribution is 5.90. The third-order valence-corrected chi connectivity index (χ3v) is 5.16. The average Bonchev–Trinajstić information content (AvgIpc) is 2.74. The van der Waals surface area contributed by atoms with Gasteiger partial charge in [0.05, 0.1) is 19.1 Å². The molecule has 3 amide bonds. The maximum atomic E-state index is 12.8. The number of aromatic hydroxyl groups is 1. The number of benzene rings is 2. The second-order valence-corrected chi connectivity index (χ2v) is 7.24. The Bertz CT molecular complexity index is 856. The molecule has 0 saturated carbocycles. The summed E-state index contributed by atoms with van der Waals surface area (Å²) in [6.45, 7) is 2.80. The Morgan fingerprint density at radius 3 is 2.69 bits per heavy atom. The quantitative estimate of drug-likeness (QED) is 0.720. The van der Waals surface area contributed by atoms with E-state index in [4.69, 9.17) is 4.74 Å². The standard InChI is InChI=1S/C22H27N3O4/c1-15(19-13-18(29-2)10-11-20(19)26)23-21(27)16-7-6-12-25(14-16)22(28)24-17-8-4-3-5-9-17/h3-5,8-11,13,15-16,26H,6-7,12,14H2,1-2H3,(H,23,27)(H,24,28)/t15-,16+/m1/s1. The van der Waals surface area contributed by atoms with Gasteiger partial charge in [-0.1, -0.05) is 18.2 Å². The molecule has 0 bridgehead atoms. The minimum atomic E-state index is -0.383. The van der Waals surface area contributed by atoms with E-state index in [1.807, 2.05) is 37.3 Å². The number of nitrogens with one attached hydrogen (secondary N) is 2. The van der Waals surface area contributed by atoms with Crippen LogP contribution in [0.5, 0.6) is 11.5 Å². The van der Waals surface area contributed by atoms with Gasteiger partial charge >= 0.3 is 6.03 Å². The molecule has 3 rings (SSSR count). The molecule has 1 saturated heterocycles. The molecule has 1 fully saturated rings. The molecule has 154 valence electrons. The van der Waals surface area contributed by atoms with E-state index in [9.17, 15) is 14.7 Å². The van der Waals surface area contributed by atoms with Crippen LogP contribution in [0.4, 0.5) is 10.5 Å². The van der Waals surface area contributed by atoms with Crippen molar-refractivity contribution >= 4 is 17.6 Å². The minimum Gasteiger partial charge on any atom is -0.508 e. The highest BCUT2D eigenvalue weighted by atomic mass is 16.5. The summed E-state index contributed by atoms with van der Waals surface area (Å²) in [5.74, 6) is 0.295. The molecule has 3 N–H and O–H groups in total. The molecule has 0 unspecified atom stereocenters. The van der Waals surface area contributed by atoms with Crippen LogP contribution in [0.1, 0.15) is 31.4 Å². The lowest BCUT2D eigenvalue weighted by Crippen LogP contribution is -2.47. The summed E-state index contributed by atoms with van der Waals surface area (Å²) in [5, 5.41) is 15.9. The minimum absolute atomic E-state index is 0.103. The number of hydrogen-bond acceptors (Lipinski definition) is 4. The van der Waals surface area contributed by atoms with E-state index in [0.29, 0.717) is 24.4 Å². The molecule has 0 aliphatic carbocycles. The number of rotatable bonds is 5. The molecule has 0 aromatic heterocycles. The second-order valence-electron chi connectivity index (χ2n) is 7.24. The zero-order valence-electron chi connectivity index (χ0n) is 16.7. The number of carbonyl (C=O) groups is 2. The van der Waals surface area contributed by atoms with Gasteiger partial charge in [-0.05, 0) is 50.1 Å². The van der Waals surface area contributed by atoms with Crippen molar-refractivity contribution in [3.8, 4) is 11.5 Å². The summed E-state index contributed by atoms with van der Waals surface area (Å²) in [6, 6.07) is 13.6. The molecular weight excluding hydrogens is 370 g/mol. The number of urea groups is 1. The SMILES string of the molecule is COc1ccc(O)c([C@@H](C)NC(=O)[C@H]2CCCN(C(=O)Nc3ccccc3)C2)c1. The number of phenols is 1. The summed E-state index contributed by atoms with van der Waals surface area (Å²) < 4.78 is 5.20. The zero-order chi connectivity index (χ0) is 20.8. The Morgan fingerprint density at radius 2 is 1.97 bits per heavy atom. The number of phenolic OH excluding ortho intramolecular Hbond substituents is 1. The monoisotopic (exact) mass is 397 g/mol. The van der Waals surface area contributed by atoms with E-state index < -0.39 is 0 Å². The number of para-hydroxylation sites is 1. The van der Waals surface area contributed by atoms with Crippen LogP contribution in [-0.2, 0) is 4.79 Å². The molecule has 0 spiro atoms. The van der Waals surface area contributed by atoms with Gasteiger partial charge in [0.2, 0.25) is 5.91 Å². The van der Waals surface area contributed by atoms with Crippen LogP contribution in [0.15, 0.2) is 48.5 Å². The summed E-state index contributed by atoms with van der Waals surface area (Å²) in [6.07, 6.45) is 1.48. The van der Waals surface area contributed by atoms with Gasteiger partial charge in [-0.2, -0.15) is 0 Å². The lowest BCUT2D eigenvalue weighted by atomic mass is 9.96. The van der Waals surface area contributed by atoms with Crippen LogP contribution < -0.4 is 15.4 Å². The Labute approximate surface area is 170 Å². The van der Waals surface area contributed by atoms with Gasteiger partial charge in [0.15, 0.2) is 0 Å². The van der Waals surface area contributed by atoms with Gasteiger partial charge in [-0.15, -0.1) is 0 Å². The van der Waals surface area contributed by atoms with Crippen LogP contribution >= 0.6 is 0 Å². The van der Waals surface area contributed by atoms with Gasteiger partial charge in [0, 0.05) is 24.3 Å². The predicted octanol–water partition coefficient (Wildman–Crippen LogP) is 3.52. The number of hydrogen-bond donors (Lipinski definition) is 3. The molecule has 7 heteroatoms. The normalized spacial score (nSPS) is 17.3. The van der Waals surface area contributed by atoms with E-state index in [-0.39, 0.29) is 29.6 Å². The maximum absolute atomic E-state index is 12.8. The van der Waals surface area contributed by atoms with Crippen molar-refractivity contribution in [3.05, 3.63) is 54.1 Å². The molecule has 2 aromatic rings. The highest BCUT2D eigenvalue weighted by Gasteiger charge is 2.29. The summed E-state index contributed by atoms with van der Waals surface area (Å²) in [5.41, 5.74) is 1.32. The number of methoxy groups -OCH3 is 1. The molecule has 7 nitrogen and oxygen atoms in total. The number of anilines is 1. The number of ether oxygens (including phenoxy) is 1. The van der Waals surface area contributed by atoms with Crippen LogP contribution in [-0.4, -0.2) is 42.1 Å². The van der Waals surface area contributed by atoms with Crippen molar-refractivity contribution in [3.63, 3.8) is 0 Å². The Hall–Kier alpha value is -3.22. The fraction of sp³-hybridized carbons (Fsp3) is 0.364. The Balaban J connectivity index is 1.60. The number of nitrogens with zero attached hydrogens (tertiary/aromatic N) is 1. The van der Waals surface area contributed by atoms with E-state index >= 15 is 0 Å². The first-order valence-electron chi connectivity index (χ1n) is 9.76. The van der Waals surface area contributed by atoms with Crippen molar-refractivity contribution in [2.75, 3.05) is 25.5 Å². The third kappa shape index (κ3) is 5.19. The zero-order valence-corrected chi connectivity index (χ0v) is 16.7. The van der Waals surface area contributed by atoms with Crippen molar-refractivity contribution in [1.82, 2.24) is 10.2 Å². The lowest BCUT2D eigenvalue weighted by Gasteiger charge is -2.32. The fourth-order valence-corrected chi connectivity index (χ4v) is 3.52. The first kappa shape index (κ1) is 20.5. The fourth-order valence-electron chi connectivity index (χ4n) is 3.52. The molecule has 0 radical (unpaired) electrons. The van der Waals surface area contributed by atoms with E-state index in [2.05, 4.69) is 10.6 Å². The predicted molar refractivity (Wildman–Crippen MR) is 111 cm³/mol. The van der Waals surface area contributed by atoms with Gasteiger partial charge < -0.3 is 25.4 Å². The summed E-state index contributed by atoms with van der Waals surface area (Å²) in [7, 11) is 1.55. The third-order valence-electron chi connectivity index (χ3n) is 5.16. The summed E-state index contributed by atoms with van der Waals surface area (Å²) >= 11 is 0. The lowest BCUT2D eigenvalue weighted by molar-refractivity contribution is -0.126. The van der Waals surface area contributed by atoms with Crippen molar-refractivity contribution in [1.29, 1.82) is 0 Å². The Kier molecular flexibility index (Phi) is 6.59. The van der Waals surface area contributed by atoms with Crippen LogP contribution in [0, 0.1) is 5.92 Å². The van der Waals surface area contributed by atoms with E-state index in [0.717, 1.165) is 18.5 Å².